The van der Waals surface area contributed by atoms with Crippen molar-refractivity contribution in [2.24, 2.45) is 5.92 Å². The number of thiophene rings is 1. The van der Waals surface area contributed by atoms with Crippen LogP contribution in [0.1, 0.15) is 63.7 Å². The normalized spacial score (nSPS) is 19.4. The highest BCUT2D eigenvalue weighted by Crippen LogP contribution is 2.25. The van der Waals surface area contributed by atoms with E-state index in [0.29, 0.717) is 30.6 Å². The minimum absolute atomic E-state index is 0.147. The Morgan fingerprint density at radius 2 is 2.03 bits per heavy atom. The van der Waals surface area contributed by atoms with Gasteiger partial charge in [0.1, 0.15) is 0 Å². The third kappa shape index (κ3) is 6.12. The van der Waals surface area contributed by atoms with E-state index in [4.69, 9.17) is 4.52 Å². The van der Waals surface area contributed by atoms with Gasteiger partial charge in [-0.2, -0.15) is 4.98 Å². The second kappa shape index (κ2) is 10.3. The first kappa shape index (κ1) is 20.5. The fourth-order valence-electron chi connectivity index (χ4n) is 4.56. The number of carbonyl (C=O) groups is 1. The maximum absolute atomic E-state index is 12.3. The summed E-state index contributed by atoms with van der Waals surface area (Å²) in [6, 6.07) is 4.28. The number of nitrogens with one attached hydrogen (secondary N) is 1. The number of likely N-dealkylation sites (tertiary alicyclic amines) is 1. The van der Waals surface area contributed by atoms with Crippen LogP contribution in [0, 0.1) is 5.92 Å². The first-order valence-electron chi connectivity index (χ1n) is 11.1. The van der Waals surface area contributed by atoms with Crippen LogP contribution in [0.5, 0.6) is 0 Å². The van der Waals surface area contributed by atoms with Gasteiger partial charge >= 0.3 is 0 Å². The third-order valence-corrected chi connectivity index (χ3v) is 7.06. The van der Waals surface area contributed by atoms with Crippen LogP contribution in [0.15, 0.2) is 22.0 Å². The molecule has 29 heavy (non-hydrogen) atoms. The Morgan fingerprint density at radius 3 is 2.79 bits per heavy atom. The largest absolute Gasteiger partial charge is 0.353 e. The highest BCUT2D eigenvalue weighted by Gasteiger charge is 2.23. The second-order valence-corrected chi connectivity index (χ2v) is 9.44. The lowest BCUT2D eigenvalue weighted by molar-refractivity contribution is -0.122. The zero-order valence-electron chi connectivity index (χ0n) is 17.1. The van der Waals surface area contributed by atoms with Gasteiger partial charge in [-0.1, -0.05) is 30.5 Å². The van der Waals surface area contributed by atoms with Crippen molar-refractivity contribution in [3.05, 3.63) is 23.4 Å². The zero-order chi connectivity index (χ0) is 19.9. The Bertz CT molecular complexity index is 747. The number of aryl methyl sites for hydroxylation is 1. The molecule has 0 atom stereocenters. The topological polar surface area (TPSA) is 71.3 Å². The summed E-state index contributed by atoms with van der Waals surface area (Å²) in [6.45, 7) is 3.50. The molecule has 0 spiro atoms. The number of carbonyl (C=O) groups excluding carboxylic acids is 1. The summed E-state index contributed by atoms with van der Waals surface area (Å²) in [6.07, 6.45) is 11.1. The van der Waals surface area contributed by atoms with E-state index in [2.05, 4.69) is 20.4 Å². The van der Waals surface area contributed by atoms with E-state index in [0.717, 1.165) is 43.1 Å². The van der Waals surface area contributed by atoms with Crippen LogP contribution < -0.4 is 5.32 Å². The van der Waals surface area contributed by atoms with E-state index in [1.165, 1.54) is 38.6 Å². The first-order valence-corrected chi connectivity index (χ1v) is 12.0. The van der Waals surface area contributed by atoms with Gasteiger partial charge in [-0.15, -0.1) is 11.3 Å². The van der Waals surface area contributed by atoms with Crippen LogP contribution in [0.2, 0.25) is 0 Å². The van der Waals surface area contributed by atoms with Crippen molar-refractivity contribution < 1.29 is 9.32 Å². The Balaban J connectivity index is 1.11. The SMILES string of the molecule is O=C(CCCc1nc(-c2cccs2)no1)NC1CCN(CC2CCCCC2)CC1. The van der Waals surface area contributed by atoms with Crippen LogP contribution in [-0.4, -0.2) is 46.6 Å². The van der Waals surface area contributed by atoms with Crippen LogP contribution in [0.25, 0.3) is 10.7 Å². The molecular formula is C22H32N4O2S. The van der Waals surface area contributed by atoms with Crippen molar-refractivity contribution >= 4 is 17.2 Å². The summed E-state index contributed by atoms with van der Waals surface area (Å²) >= 11 is 1.59. The van der Waals surface area contributed by atoms with Gasteiger partial charge in [-0.25, -0.2) is 0 Å². The highest BCUT2D eigenvalue weighted by molar-refractivity contribution is 7.13. The van der Waals surface area contributed by atoms with Crippen molar-refractivity contribution in [1.29, 1.82) is 0 Å². The number of amides is 1. The molecule has 6 nitrogen and oxygen atoms in total. The summed E-state index contributed by atoms with van der Waals surface area (Å²) in [5.41, 5.74) is 0. The lowest BCUT2D eigenvalue weighted by Crippen LogP contribution is -2.45. The summed E-state index contributed by atoms with van der Waals surface area (Å²) in [5.74, 6) is 2.30. The summed E-state index contributed by atoms with van der Waals surface area (Å²) in [5, 5.41) is 9.24. The van der Waals surface area contributed by atoms with Crippen molar-refractivity contribution in [1.82, 2.24) is 20.4 Å². The summed E-state index contributed by atoms with van der Waals surface area (Å²) in [7, 11) is 0. The molecular weight excluding hydrogens is 384 g/mol. The molecule has 1 saturated carbocycles. The van der Waals surface area contributed by atoms with Crippen molar-refractivity contribution in [2.45, 2.75) is 70.3 Å². The Kier molecular flexibility index (Phi) is 7.33. The van der Waals surface area contributed by atoms with Gasteiger partial charge in [0.15, 0.2) is 0 Å². The molecule has 0 aromatic carbocycles. The van der Waals surface area contributed by atoms with Crippen molar-refractivity contribution in [3.63, 3.8) is 0 Å². The molecule has 2 aliphatic rings. The van der Waals surface area contributed by atoms with Gasteiger partial charge in [-0.3, -0.25) is 4.79 Å². The Morgan fingerprint density at radius 1 is 1.21 bits per heavy atom. The number of aromatic nitrogens is 2. The average molecular weight is 417 g/mol. The maximum Gasteiger partial charge on any atom is 0.226 e. The van der Waals surface area contributed by atoms with Gasteiger partial charge in [0.25, 0.3) is 0 Å². The van der Waals surface area contributed by atoms with Gasteiger partial charge < -0.3 is 14.7 Å². The molecule has 158 valence electrons. The van der Waals surface area contributed by atoms with Crippen molar-refractivity contribution in [2.75, 3.05) is 19.6 Å². The maximum atomic E-state index is 12.3. The molecule has 1 amide bonds. The molecule has 0 bridgehead atoms. The van der Waals surface area contributed by atoms with E-state index in [1.54, 1.807) is 11.3 Å². The molecule has 0 unspecified atom stereocenters. The average Bonchev–Trinajstić information content (AvgIpc) is 3.42. The van der Waals surface area contributed by atoms with Gasteiger partial charge in [0.05, 0.1) is 4.88 Å². The lowest BCUT2D eigenvalue weighted by atomic mass is 9.88. The zero-order valence-corrected chi connectivity index (χ0v) is 18.0. The monoisotopic (exact) mass is 416 g/mol. The van der Waals surface area contributed by atoms with Crippen LogP contribution in [0.4, 0.5) is 0 Å². The van der Waals surface area contributed by atoms with Gasteiger partial charge in [0.2, 0.25) is 17.6 Å². The molecule has 7 heteroatoms. The Hall–Kier alpha value is -1.73. The van der Waals surface area contributed by atoms with Crippen molar-refractivity contribution in [3.8, 4) is 10.7 Å². The molecule has 1 N–H and O–H groups in total. The number of hydrogen-bond acceptors (Lipinski definition) is 6. The fraction of sp³-hybridized carbons (Fsp3) is 0.682. The Labute approximate surface area is 177 Å². The molecule has 1 saturated heterocycles. The van der Waals surface area contributed by atoms with E-state index >= 15 is 0 Å². The number of nitrogens with zero attached hydrogens (tertiary/aromatic N) is 3. The summed E-state index contributed by atoms with van der Waals surface area (Å²) < 4.78 is 5.30. The highest BCUT2D eigenvalue weighted by atomic mass is 32.1. The lowest BCUT2D eigenvalue weighted by Gasteiger charge is -2.35. The van der Waals surface area contributed by atoms with E-state index in [1.807, 2.05) is 17.5 Å². The standard InChI is InChI=1S/C22H32N4O2S/c27-20(9-4-10-21-24-22(25-28-21)19-8-5-15-29-19)23-18-11-13-26(14-12-18)16-17-6-2-1-3-7-17/h5,8,15,17-18H,1-4,6-7,9-14,16H2,(H,23,27). The fourth-order valence-corrected chi connectivity index (χ4v) is 5.21. The van der Waals surface area contributed by atoms with E-state index < -0.39 is 0 Å². The minimum atomic E-state index is 0.147. The predicted octanol–water partition coefficient (Wildman–Crippen LogP) is 4.28. The van der Waals surface area contributed by atoms with Crippen LogP contribution in [0.3, 0.4) is 0 Å². The minimum Gasteiger partial charge on any atom is -0.353 e. The van der Waals surface area contributed by atoms with E-state index in [9.17, 15) is 4.79 Å². The van der Waals surface area contributed by atoms with Gasteiger partial charge in [0, 0.05) is 38.5 Å². The van der Waals surface area contributed by atoms with Crippen LogP contribution in [-0.2, 0) is 11.2 Å². The number of rotatable bonds is 8. The smallest absolute Gasteiger partial charge is 0.226 e. The summed E-state index contributed by atoms with van der Waals surface area (Å²) in [4.78, 5) is 20.3. The van der Waals surface area contributed by atoms with Gasteiger partial charge in [-0.05, 0) is 49.5 Å². The van der Waals surface area contributed by atoms with Crippen LogP contribution >= 0.6 is 11.3 Å². The third-order valence-electron chi connectivity index (χ3n) is 6.20. The quantitative estimate of drug-likeness (QED) is 0.695. The molecule has 2 aromatic heterocycles. The number of piperidine rings is 1. The molecule has 1 aliphatic heterocycles. The molecule has 2 aromatic rings. The molecule has 0 radical (unpaired) electrons. The van der Waals surface area contributed by atoms with E-state index in [-0.39, 0.29) is 5.91 Å². The predicted molar refractivity (Wildman–Crippen MR) is 115 cm³/mol. The molecule has 1 aliphatic carbocycles. The number of hydrogen-bond donors (Lipinski definition) is 1. The molecule has 4 rings (SSSR count). The second-order valence-electron chi connectivity index (χ2n) is 8.49. The first-order chi connectivity index (χ1) is 14.3. The molecule has 2 fully saturated rings. The molecule has 3 heterocycles.